The summed E-state index contributed by atoms with van der Waals surface area (Å²) in [5.41, 5.74) is 5.67. The first-order valence-corrected chi connectivity index (χ1v) is 8.11. The lowest BCUT2D eigenvalue weighted by atomic mass is 9.96. The number of nitrogens with zero attached hydrogens (tertiary/aromatic N) is 1. The van der Waals surface area contributed by atoms with Gasteiger partial charge < -0.3 is 20.7 Å². The second-order valence-electron chi connectivity index (χ2n) is 5.82. The number of nitrogens with one attached hydrogen (secondary N) is 1. The third kappa shape index (κ3) is 6.02. The van der Waals surface area contributed by atoms with Gasteiger partial charge in [0.05, 0.1) is 0 Å². The van der Waals surface area contributed by atoms with Gasteiger partial charge in [0, 0.05) is 18.7 Å². The van der Waals surface area contributed by atoms with Crippen LogP contribution in [0.2, 0.25) is 0 Å². The van der Waals surface area contributed by atoms with E-state index in [4.69, 9.17) is 10.5 Å². The molecular formula is C17H26ClN3O3. The Morgan fingerprint density at radius 3 is 2.42 bits per heavy atom. The lowest BCUT2D eigenvalue weighted by Crippen LogP contribution is -2.40. The summed E-state index contributed by atoms with van der Waals surface area (Å²) in [6, 6.07) is 6.83. The van der Waals surface area contributed by atoms with Crippen LogP contribution in [0.15, 0.2) is 24.3 Å². The Labute approximate surface area is 149 Å². The van der Waals surface area contributed by atoms with Crippen molar-refractivity contribution >= 4 is 24.2 Å². The van der Waals surface area contributed by atoms with Crippen LogP contribution in [0.1, 0.15) is 30.1 Å². The lowest BCUT2D eigenvalue weighted by molar-refractivity contribution is -0.119. The molecule has 0 aromatic heterocycles. The van der Waals surface area contributed by atoms with E-state index in [0.717, 1.165) is 39.0 Å². The molecule has 1 aliphatic heterocycles. The summed E-state index contributed by atoms with van der Waals surface area (Å²) in [4.78, 5) is 25.1. The third-order valence-corrected chi connectivity index (χ3v) is 4.07. The lowest BCUT2D eigenvalue weighted by Gasteiger charge is -2.32. The number of halogens is 1. The summed E-state index contributed by atoms with van der Waals surface area (Å²) >= 11 is 0. The van der Waals surface area contributed by atoms with Crippen LogP contribution in [-0.2, 0) is 4.79 Å². The molecule has 0 bridgehead atoms. The number of carbonyl (C=O) groups is 2. The van der Waals surface area contributed by atoms with Crippen molar-refractivity contribution in [3.8, 4) is 5.75 Å². The van der Waals surface area contributed by atoms with E-state index in [1.165, 1.54) is 0 Å². The molecule has 0 atom stereocenters. The molecule has 1 aromatic carbocycles. The van der Waals surface area contributed by atoms with Gasteiger partial charge in [0.1, 0.15) is 5.75 Å². The van der Waals surface area contributed by atoms with Crippen LogP contribution >= 0.6 is 12.4 Å². The van der Waals surface area contributed by atoms with Gasteiger partial charge in [-0.3, -0.25) is 9.59 Å². The Balaban J connectivity index is 0.00000288. The van der Waals surface area contributed by atoms with E-state index in [9.17, 15) is 9.59 Å². The number of hydrogen-bond donors (Lipinski definition) is 2. The van der Waals surface area contributed by atoms with Crippen LogP contribution < -0.4 is 15.8 Å². The molecule has 0 unspecified atom stereocenters. The first-order valence-electron chi connectivity index (χ1n) is 8.11. The van der Waals surface area contributed by atoms with Crippen molar-refractivity contribution in [2.75, 3.05) is 32.8 Å². The average molecular weight is 356 g/mol. The smallest absolute Gasteiger partial charge is 0.255 e. The van der Waals surface area contributed by atoms with E-state index in [2.05, 4.69) is 12.2 Å². The second kappa shape index (κ2) is 10.2. The standard InChI is InChI=1S/C17H25N3O3.ClH/c1-2-19-11-13-7-9-20(10-8-13)17(22)14-3-5-15(6-4-14)23-12-16(18)21;/h3-6,13,19H,2,7-12H2,1H3,(H2,18,21);1H. The van der Waals surface area contributed by atoms with Crippen LogP contribution in [0.4, 0.5) is 0 Å². The van der Waals surface area contributed by atoms with Crippen molar-refractivity contribution in [3.63, 3.8) is 0 Å². The van der Waals surface area contributed by atoms with E-state index in [-0.39, 0.29) is 24.9 Å². The van der Waals surface area contributed by atoms with Gasteiger partial charge in [0.25, 0.3) is 11.8 Å². The zero-order valence-electron chi connectivity index (χ0n) is 14.0. The molecule has 1 saturated heterocycles. The number of carbonyl (C=O) groups excluding carboxylic acids is 2. The van der Waals surface area contributed by atoms with E-state index in [1.807, 2.05) is 4.90 Å². The number of hydrogen-bond acceptors (Lipinski definition) is 4. The number of rotatable bonds is 7. The quantitative estimate of drug-likeness (QED) is 0.775. The van der Waals surface area contributed by atoms with Gasteiger partial charge in [0.2, 0.25) is 0 Å². The average Bonchev–Trinajstić information content (AvgIpc) is 2.58. The highest BCUT2D eigenvalue weighted by atomic mass is 35.5. The van der Waals surface area contributed by atoms with Gasteiger partial charge in [-0.05, 0) is 56.1 Å². The van der Waals surface area contributed by atoms with Crippen molar-refractivity contribution in [1.29, 1.82) is 0 Å². The molecule has 1 aliphatic rings. The van der Waals surface area contributed by atoms with Crippen molar-refractivity contribution in [1.82, 2.24) is 10.2 Å². The minimum atomic E-state index is -0.523. The SMILES string of the molecule is CCNCC1CCN(C(=O)c2ccc(OCC(N)=O)cc2)CC1.Cl. The number of nitrogens with two attached hydrogens (primary N) is 1. The Bertz CT molecular complexity index is 528. The molecule has 7 heteroatoms. The van der Waals surface area contributed by atoms with E-state index >= 15 is 0 Å². The summed E-state index contributed by atoms with van der Waals surface area (Å²) in [6.45, 7) is 5.57. The largest absolute Gasteiger partial charge is 0.484 e. The normalized spacial score (nSPS) is 14.8. The molecule has 0 spiro atoms. The monoisotopic (exact) mass is 355 g/mol. The fraction of sp³-hybridized carbons (Fsp3) is 0.529. The molecule has 1 heterocycles. The molecule has 2 amide bonds. The van der Waals surface area contributed by atoms with Crippen LogP contribution in [0.5, 0.6) is 5.75 Å². The predicted molar refractivity (Wildman–Crippen MR) is 95.6 cm³/mol. The van der Waals surface area contributed by atoms with Crippen LogP contribution in [-0.4, -0.2) is 49.5 Å². The van der Waals surface area contributed by atoms with Gasteiger partial charge in [-0.2, -0.15) is 0 Å². The minimum Gasteiger partial charge on any atom is -0.484 e. The molecule has 0 aliphatic carbocycles. The fourth-order valence-corrected chi connectivity index (χ4v) is 2.72. The predicted octanol–water partition coefficient (Wildman–Crippen LogP) is 1.43. The van der Waals surface area contributed by atoms with Crippen LogP contribution in [0.3, 0.4) is 0 Å². The number of ether oxygens (including phenoxy) is 1. The zero-order chi connectivity index (χ0) is 16.7. The van der Waals surface area contributed by atoms with Crippen molar-refractivity contribution < 1.29 is 14.3 Å². The van der Waals surface area contributed by atoms with Gasteiger partial charge in [-0.1, -0.05) is 6.92 Å². The summed E-state index contributed by atoms with van der Waals surface area (Å²) in [7, 11) is 0. The summed E-state index contributed by atoms with van der Waals surface area (Å²) in [5, 5.41) is 3.37. The molecular weight excluding hydrogens is 330 g/mol. The maximum Gasteiger partial charge on any atom is 0.255 e. The maximum absolute atomic E-state index is 12.5. The Morgan fingerprint density at radius 2 is 1.88 bits per heavy atom. The Hall–Kier alpha value is -1.79. The molecule has 1 fully saturated rings. The van der Waals surface area contributed by atoms with Gasteiger partial charge >= 0.3 is 0 Å². The molecule has 0 saturated carbocycles. The number of benzene rings is 1. The van der Waals surface area contributed by atoms with Gasteiger partial charge in [-0.25, -0.2) is 0 Å². The molecule has 6 nitrogen and oxygen atoms in total. The highest BCUT2D eigenvalue weighted by Crippen LogP contribution is 2.20. The number of piperidine rings is 1. The van der Waals surface area contributed by atoms with E-state index in [1.54, 1.807) is 24.3 Å². The fourth-order valence-electron chi connectivity index (χ4n) is 2.72. The Kier molecular flexibility index (Phi) is 8.57. The molecule has 134 valence electrons. The van der Waals surface area contributed by atoms with Crippen molar-refractivity contribution in [2.24, 2.45) is 11.7 Å². The first kappa shape index (κ1) is 20.3. The Morgan fingerprint density at radius 1 is 1.25 bits per heavy atom. The molecule has 1 aromatic rings. The van der Waals surface area contributed by atoms with Gasteiger partial charge in [0.15, 0.2) is 6.61 Å². The zero-order valence-corrected chi connectivity index (χ0v) is 14.8. The van der Waals surface area contributed by atoms with Gasteiger partial charge in [-0.15, -0.1) is 12.4 Å². The molecule has 0 radical (unpaired) electrons. The first-order chi connectivity index (χ1) is 11.1. The molecule has 24 heavy (non-hydrogen) atoms. The number of amides is 2. The second-order valence-corrected chi connectivity index (χ2v) is 5.82. The minimum absolute atomic E-state index is 0. The van der Waals surface area contributed by atoms with E-state index < -0.39 is 5.91 Å². The topological polar surface area (TPSA) is 84.7 Å². The van der Waals surface area contributed by atoms with E-state index in [0.29, 0.717) is 17.2 Å². The maximum atomic E-state index is 12.5. The van der Waals surface area contributed by atoms with Crippen LogP contribution in [0, 0.1) is 5.92 Å². The van der Waals surface area contributed by atoms with Crippen molar-refractivity contribution in [2.45, 2.75) is 19.8 Å². The van der Waals surface area contributed by atoms with Crippen molar-refractivity contribution in [3.05, 3.63) is 29.8 Å². The number of likely N-dealkylation sites (tertiary alicyclic amines) is 1. The summed E-state index contributed by atoms with van der Waals surface area (Å²) < 4.78 is 5.19. The number of primary amides is 1. The third-order valence-electron chi connectivity index (χ3n) is 4.07. The summed E-state index contributed by atoms with van der Waals surface area (Å²) in [6.07, 6.45) is 2.08. The molecule has 2 rings (SSSR count). The van der Waals surface area contributed by atoms with Crippen LogP contribution in [0.25, 0.3) is 0 Å². The summed E-state index contributed by atoms with van der Waals surface area (Å²) in [5.74, 6) is 0.715. The highest BCUT2D eigenvalue weighted by Gasteiger charge is 2.23. The highest BCUT2D eigenvalue weighted by molar-refractivity contribution is 5.94. The molecule has 3 N–H and O–H groups in total.